The van der Waals surface area contributed by atoms with Gasteiger partial charge < -0.3 is 0 Å². The highest BCUT2D eigenvalue weighted by Crippen LogP contribution is 2.39. The summed E-state index contributed by atoms with van der Waals surface area (Å²) in [5, 5.41) is 4.96. The van der Waals surface area contributed by atoms with Crippen LogP contribution < -0.4 is 0 Å². The summed E-state index contributed by atoms with van der Waals surface area (Å²) in [6, 6.07) is 29.1. The summed E-state index contributed by atoms with van der Waals surface area (Å²) in [5.74, 6) is 1.17. The standard InChI is InChI=1S/C25H14ClN3S/c26-25-28-23(17-13-12-15-6-1-2-7-16(15)14-17)27-24(29-25)20-10-5-9-19-18-8-3-4-11-21(18)30-22(19)20/h1-14H. The van der Waals surface area contributed by atoms with Crippen LogP contribution in [0, 0.1) is 0 Å². The quantitative estimate of drug-likeness (QED) is 0.291. The molecule has 0 spiro atoms. The Morgan fingerprint density at radius 1 is 0.633 bits per heavy atom. The molecule has 4 aromatic carbocycles. The lowest BCUT2D eigenvalue weighted by Gasteiger charge is -2.07. The number of nitrogens with zero attached hydrogens (tertiary/aromatic N) is 3. The number of hydrogen-bond donors (Lipinski definition) is 0. The third-order valence-corrected chi connectivity index (χ3v) is 6.65. The number of hydrogen-bond acceptors (Lipinski definition) is 4. The van der Waals surface area contributed by atoms with Gasteiger partial charge in [0.05, 0.1) is 0 Å². The highest BCUT2D eigenvalue weighted by Gasteiger charge is 2.15. The van der Waals surface area contributed by atoms with Gasteiger partial charge >= 0.3 is 0 Å². The van der Waals surface area contributed by atoms with Gasteiger partial charge in [-0.1, -0.05) is 66.7 Å². The maximum absolute atomic E-state index is 6.34. The van der Waals surface area contributed by atoms with Crippen LogP contribution in [0.1, 0.15) is 0 Å². The first-order valence-corrected chi connectivity index (χ1v) is 10.8. The average Bonchev–Trinajstić information content (AvgIpc) is 3.17. The Morgan fingerprint density at radius 3 is 2.33 bits per heavy atom. The normalized spacial score (nSPS) is 11.5. The van der Waals surface area contributed by atoms with Crippen molar-refractivity contribution in [2.45, 2.75) is 0 Å². The van der Waals surface area contributed by atoms with Gasteiger partial charge in [0.2, 0.25) is 5.28 Å². The number of aromatic nitrogens is 3. The molecule has 0 saturated heterocycles. The van der Waals surface area contributed by atoms with Crippen molar-refractivity contribution in [2.75, 3.05) is 0 Å². The molecule has 0 amide bonds. The van der Waals surface area contributed by atoms with E-state index in [1.807, 2.05) is 30.3 Å². The lowest BCUT2D eigenvalue weighted by atomic mass is 10.1. The molecule has 0 saturated carbocycles. The predicted molar refractivity (Wildman–Crippen MR) is 126 cm³/mol. The lowest BCUT2D eigenvalue weighted by Crippen LogP contribution is -1.97. The third kappa shape index (κ3) is 2.84. The number of rotatable bonds is 2. The van der Waals surface area contributed by atoms with Crippen LogP contribution in [0.4, 0.5) is 0 Å². The van der Waals surface area contributed by atoms with Crippen LogP contribution in [0.3, 0.4) is 0 Å². The Labute approximate surface area is 181 Å². The molecule has 0 aliphatic carbocycles. The van der Waals surface area contributed by atoms with Gasteiger partial charge in [-0.15, -0.1) is 11.3 Å². The van der Waals surface area contributed by atoms with E-state index in [0.717, 1.165) is 21.2 Å². The molecule has 142 valence electrons. The van der Waals surface area contributed by atoms with E-state index < -0.39 is 0 Å². The monoisotopic (exact) mass is 423 g/mol. The van der Waals surface area contributed by atoms with Gasteiger partial charge in [0.15, 0.2) is 11.6 Å². The Kier molecular flexibility index (Phi) is 4.01. The molecule has 0 fully saturated rings. The van der Waals surface area contributed by atoms with Crippen molar-refractivity contribution in [1.82, 2.24) is 15.0 Å². The largest absolute Gasteiger partial charge is 0.226 e. The molecular formula is C25H14ClN3S. The van der Waals surface area contributed by atoms with Crippen LogP contribution in [0.2, 0.25) is 5.28 Å². The van der Waals surface area contributed by atoms with Crippen molar-refractivity contribution in [3.05, 3.63) is 90.2 Å². The molecule has 0 N–H and O–H groups in total. The molecule has 5 heteroatoms. The summed E-state index contributed by atoms with van der Waals surface area (Å²) in [7, 11) is 0. The fourth-order valence-electron chi connectivity index (χ4n) is 3.85. The fourth-order valence-corrected chi connectivity index (χ4v) is 5.22. The van der Waals surface area contributed by atoms with Gasteiger partial charge in [0.25, 0.3) is 0 Å². The van der Waals surface area contributed by atoms with Gasteiger partial charge in [-0.05, 0) is 40.6 Å². The Hall–Kier alpha value is -3.34. The van der Waals surface area contributed by atoms with Crippen molar-refractivity contribution in [2.24, 2.45) is 0 Å². The van der Waals surface area contributed by atoms with E-state index in [2.05, 4.69) is 64.6 Å². The second-order valence-electron chi connectivity index (χ2n) is 7.09. The minimum Gasteiger partial charge on any atom is -0.208 e. The molecule has 0 radical (unpaired) electrons. The number of benzene rings is 4. The van der Waals surface area contributed by atoms with Crippen molar-refractivity contribution < 1.29 is 0 Å². The summed E-state index contributed by atoms with van der Waals surface area (Å²) in [4.78, 5) is 13.7. The third-order valence-electron chi connectivity index (χ3n) is 5.26. The van der Waals surface area contributed by atoms with Crippen LogP contribution in [-0.2, 0) is 0 Å². The first-order valence-electron chi connectivity index (χ1n) is 9.58. The Bertz CT molecular complexity index is 1570. The number of fused-ring (bicyclic) bond motifs is 4. The molecule has 2 heterocycles. The predicted octanol–water partition coefficient (Wildman–Crippen LogP) is 7.38. The molecular weight excluding hydrogens is 410 g/mol. The summed E-state index contributed by atoms with van der Waals surface area (Å²) in [6.07, 6.45) is 0. The molecule has 0 aliphatic rings. The molecule has 0 aliphatic heterocycles. The highest BCUT2D eigenvalue weighted by atomic mass is 35.5. The molecule has 2 aromatic heterocycles. The first kappa shape index (κ1) is 17.5. The van der Waals surface area contributed by atoms with Crippen LogP contribution in [0.5, 0.6) is 0 Å². The summed E-state index contributed by atoms with van der Waals surface area (Å²) in [5.41, 5.74) is 1.89. The number of thiophene rings is 1. The summed E-state index contributed by atoms with van der Waals surface area (Å²) in [6.45, 7) is 0. The van der Waals surface area contributed by atoms with Crippen molar-refractivity contribution in [1.29, 1.82) is 0 Å². The van der Waals surface area contributed by atoms with Gasteiger partial charge in [-0.3, -0.25) is 0 Å². The van der Waals surface area contributed by atoms with Gasteiger partial charge in [-0.25, -0.2) is 4.98 Å². The zero-order valence-electron chi connectivity index (χ0n) is 15.7. The maximum atomic E-state index is 6.34. The minimum absolute atomic E-state index is 0.196. The molecule has 3 nitrogen and oxygen atoms in total. The molecule has 0 unspecified atom stereocenters. The maximum Gasteiger partial charge on any atom is 0.226 e. The fraction of sp³-hybridized carbons (Fsp3) is 0. The summed E-state index contributed by atoms with van der Waals surface area (Å²) >= 11 is 8.09. The van der Waals surface area contributed by atoms with E-state index in [1.165, 1.54) is 20.9 Å². The van der Waals surface area contributed by atoms with E-state index in [-0.39, 0.29) is 5.28 Å². The van der Waals surface area contributed by atoms with E-state index in [4.69, 9.17) is 16.6 Å². The van der Waals surface area contributed by atoms with Gasteiger partial charge in [-0.2, -0.15) is 9.97 Å². The first-order chi connectivity index (χ1) is 14.8. The van der Waals surface area contributed by atoms with E-state index in [9.17, 15) is 0 Å². The Morgan fingerprint density at radius 2 is 1.40 bits per heavy atom. The van der Waals surface area contributed by atoms with Crippen LogP contribution >= 0.6 is 22.9 Å². The van der Waals surface area contributed by atoms with Gasteiger partial charge in [0, 0.05) is 31.3 Å². The second kappa shape index (κ2) is 6.87. The lowest BCUT2D eigenvalue weighted by molar-refractivity contribution is 1.07. The van der Waals surface area contributed by atoms with Crippen molar-refractivity contribution in [3.8, 4) is 22.8 Å². The highest BCUT2D eigenvalue weighted by molar-refractivity contribution is 7.26. The van der Waals surface area contributed by atoms with Gasteiger partial charge in [0.1, 0.15) is 0 Å². The van der Waals surface area contributed by atoms with E-state index in [0.29, 0.717) is 11.6 Å². The molecule has 0 atom stereocenters. The zero-order chi connectivity index (χ0) is 20.1. The molecule has 6 aromatic rings. The SMILES string of the molecule is Clc1nc(-c2ccc3ccccc3c2)nc(-c2cccc3c2sc2ccccc23)n1. The molecule has 30 heavy (non-hydrogen) atoms. The molecule has 0 bridgehead atoms. The van der Waals surface area contributed by atoms with Crippen molar-refractivity contribution in [3.63, 3.8) is 0 Å². The van der Waals surface area contributed by atoms with E-state index >= 15 is 0 Å². The summed E-state index contributed by atoms with van der Waals surface area (Å²) < 4.78 is 2.40. The zero-order valence-corrected chi connectivity index (χ0v) is 17.3. The minimum atomic E-state index is 0.196. The van der Waals surface area contributed by atoms with Crippen molar-refractivity contribution >= 4 is 53.9 Å². The average molecular weight is 424 g/mol. The second-order valence-corrected chi connectivity index (χ2v) is 8.48. The van der Waals surface area contributed by atoms with Crippen LogP contribution in [-0.4, -0.2) is 15.0 Å². The van der Waals surface area contributed by atoms with E-state index in [1.54, 1.807) is 11.3 Å². The topological polar surface area (TPSA) is 38.7 Å². The smallest absolute Gasteiger partial charge is 0.208 e. The van der Waals surface area contributed by atoms with Crippen LogP contribution in [0.15, 0.2) is 84.9 Å². The Balaban J connectivity index is 1.56. The van der Waals surface area contributed by atoms with Crippen LogP contribution in [0.25, 0.3) is 53.7 Å². The molecule has 6 rings (SSSR count). The number of halogens is 1.